The smallest absolute Gasteiger partial charge is 0.0541 e. The molecule has 11 aromatic carbocycles. The largest absolute Gasteiger partial charge is 0.311 e. The number of hydrogen-bond acceptors (Lipinski definition) is 1. The molecule has 2 nitrogen and oxygen atoms in total. The van der Waals surface area contributed by atoms with Crippen molar-refractivity contribution in [1.29, 1.82) is 0 Å². The van der Waals surface area contributed by atoms with Crippen LogP contribution in [0.25, 0.3) is 93.9 Å². The molecule has 2 heteroatoms. The van der Waals surface area contributed by atoms with E-state index in [2.05, 4.69) is 276 Å². The van der Waals surface area contributed by atoms with Gasteiger partial charge in [-0.15, -0.1) is 0 Å². The minimum Gasteiger partial charge on any atom is -0.311 e. The predicted octanol–water partition coefficient (Wildman–Crippen LogP) is 17.7. The Bertz CT molecular complexity index is 3600. The highest BCUT2D eigenvalue weighted by molar-refractivity contribution is 6.09. The van der Waals surface area contributed by atoms with Crippen LogP contribution in [0.3, 0.4) is 0 Å². The van der Waals surface area contributed by atoms with Crippen molar-refractivity contribution in [2.75, 3.05) is 4.90 Å². The third-order valence-electron chi connectivity index (χ3n) is 13.0. The van der Waals surface area contributed by atoms with Crippen LogP contribution < -0.4 is 4.90 Å². The van der Waals surface area contributed by atoms with E-state index >= 15 is 0 Å². The highest BCUT2D eigenvalue weighted by atomic mass is 15.1. The molecule has 0 saturated heterocycles. The lowest BCUT2D eigenvalue weighted by molar-refractivity contribution is 1.18. The second-order valence-corrected chi connectivity index (χ2v) is 16.9. The van der Waals surface area contributed by atoms with Crippen molar-refractivity contribution in [2.24, 2.45) is 0 Å². The molecule has 0 bridgehead atoms. The average Bonchev–Trinajstić information content (AvgIpc) is 3.74. The van der Waals surface area contributed by atoms with Crippen LogP contribution in [0.4, 0.5) is 17.1 Å². The van der Waals surface area contributed by atoms with Gasteiger partial charge in [0, 0.05) is 33.5 Å². The highest BCUT2D eigenvalue weighted by Crippen LogP contribution is 2.42. The van der Waals surface area contributed by atoms with Gasteiger partial charge in [0.05, 0.1) is 11.0 Å². The zero-order valence-electron chi connectivity index (χ0n) is 36.3. The van der Waals surface area contributed by atoms with E-state index in [1.165, 1.54) is 82.6 Å². The van der Waals surface area contributed by atoms with Crippen molar-refractivity contribution in [3.63, 3.8) is 0 Å². The van der Waals surface area contributed by atoms with Gasteiger partial charge < -0.3 is 9.47 Å². The Morgan fingerprint density at radius 3 is 1.17 bits per heavy atom. The summed E-state index contributed by atoms with van der Waals surface area (Å²) in [5, 5.41) is 5.02. The first-order chi connectivity index (χ1) is 32.7. The summed E-state index contributed by atoms with van der Waals surface area (Å²) >= 11 is 0. The Morgan fingerprint density at radius 2 is 0.636 bits per heavy atom. The van der Waals surface area contributed by atoms with Gasteiger partial charge in [0.2, 0.25) is 0 Å². The van der Waals surface area contributed by atoms with Crippen molar-refractivity contribution in [3.8, 4) is 61.3 Å². The molecule has 0 N–H and O–H groups in total. The summed E-state index contributed by atoms with van der Waals surface area (Å²) in [5.41, 5.74) is 18.8. The second kappa shape index (κ2) is 16.8. The van der Waals surface area contributed by atoms with Crippen LogP contribution in [-0.2, 0) is 0 Å². The quantitative estimate of drug-likeness (QED) is 0.141. The van der Waals surface area contributed by atoms with Gasteiger partial charge in [-0.05, 0) is 127 Å². The van der Waals surface area contributed by atoms with Gasteiger partial charge in [-0.25, -0.2) is 0 Å². The van der Waals surface area contributed by atoms with Crippen molar-refractivity contribution in [1.82, 2.24) is 4.57 Å². The number of rotatable bonds is 9. The lowest BCUT2D eigenvalue weighted by Crippen LogP contribution is -2.09. The molecule has 0 aliphatic rings. The van der Waals surface area contributed by atoms with Gasteiger partial charge in [0.1, 0.15) is 0 Å². The van der Waals surface area contributed by atoms with Crippen LogP contribution in [0.1, 0.15) is 0 Å². The first-order valence-corrected chi connectivity index (χ1v) is 22.7. The number of para-hydroxylation sites is 2. The number of anilines is 3. The normalized spacial score (nSPS) is 11.3. The SMILES string of the molecule is c1ccc(-c2ccccc2-c2ccc(N(c3ccc(-c4cccc(-n5c6ccccc6c6ccccc65)c4)cc3)c3ccc(-c4cccc5cccc(-c6ccccc6)c45)cc3)cc2)cc1. The van der Waals surface area contributed by atoms with E-state index in [-0.39, 0.29) is 0 Å². The number of aromatic nitrogens is 1. The van der Waals surface area contributed by atoms with E-state index < -0.39 is 0 Å². The summed E-state index contributed by atoms with van der Waals surface area (Å²) in [7, 11) is 0. The Kier molecular flexibility index (Phi) is 9.89. The molecule has 0 atom stereocenters. The second-order valence-electron chi connectivity index (χ2n) is 16.9. The molecule has 0 aliphatic heterocycles. The minimum atomic E-state index is 1.08. The van der Waals surface area contributed by atoms with Crippen molar-refractivity contribution < 1.29 is 0 Å². The van der Waals surface area contributed by atoms with Crippen LogP contribution in [0.5, 0.6) is 0 Å². The zero-order valence-corrected chi connectivity index (χ0v) is 36.3. The molecular formula is C64H44N2. The standard InChI is InChI=1S/C64H44N2/c1-3-16-46(17-4-1)56-24-7-8-25-57(56)48-34-40-53(41-35-48)65(54-42-36-49(37-43-54)59-29-15-21-50-20-14-28-58(64(50)59)47-18-5-2-6-19-47)52-38-32-45(33-39-52)51-22-13-23-55(44-51)66-62-30-11-9-26-60(62)61-27-10-12-31-63(61)66/h1-44H. The Labute approximate surface area is 385 Å². The first-order valence-electron chi connectivity index (χ1n) is 22.7. The van der Waals surface area contributed by atoms with E-state index in [0.717, 1.165) is 28.3 Å². The molecule has 0 saturated carbocycles. The fourth-order valence-electron chi connectivity index (χ4n) is 9.90. The van der Waals surface area contributed by atoms with Gasteiger partial charge in [-0.3, -0.25) is 0 Å². The summed E-state index contributed by atoms with van der Waals surface area (Å²) in [6.07, 6.45) is 0. The number of nitrogens with zero attached hydrogens (tertiary/aromatic N) is 2. The summed E-state index contributed by atoms with van der Waals surface area (Å²) in [6.45, 7) is 0. The van der Waals surface area contributed by atoms with Gasteiger partial charge >= 0.3 is 0 Å². The minimum absolute atomic E-state index is 1.08. The number of fused-ring (bicyclic) bond motifs is 4. The lowest BCUT2D eigenvalue weighted by atomic mass is 9.91. The third kappa shape index (κ3) is 7.02. The van der Waals surface area contributed by atoms with E-state index in [9.17, 15) is 0 Å². The topological polar surface area (TPSA) is 8.17 Å². The van der Waals surface area contributed by atoms with Crippen molar-refractivity contribution >= 4 is 49.6 Å². The van der Waals surface area contributed by atoms with Crippen LogP contribution in [-0.4, -0.2) is 4.57 Å². The molecule has 310 valence electrons. The van der Waals surface area contributed by atoms with Crippen LogP contribution in [0, 0.1) is 0 Å². The fourth-order valence-corrected chi connectivity index (χ4v) is 9.90. The third-order valence-corrected chi connectivity index (χ3v) is 13.0. The molecule has 0 amide bonds. The Morgan fingerprint density at radius 1 is 0.258 bits per heavy atom. The van der Waals surface area contributed by atoms with Gasteiger partial charge in [-0.1, -0.05) is 206 Å². The monoisotopic (exact) mass is 840 g/mol. The van der Waals surface area contributed by atoms with Gasteiger partial charge in [0.25, 0.3) is 0 Å². The lowest BCUT2D eigenvalue weighted by Gasteiger charge is -2.26. The van der Waals surface area contributed by atoms with Crippen LogP contribution in [0.15, 0.2) is 267 Å². The Balaban J connectivity index is 0.938. The summed E-state index contributed by atoms with van der Waals surface area (Å²) in [4.78, 5) is 2.37. The van der Waals surface area contributed by atoms with Gasteiger partial charge in [-0.2, -0.15) is 0 Å². The average molecular weight is 841 g/mol. The summed E-state index contributed by atoms with van der Waals surface area (Å²) in [5.74, 6) is 0. The van der Waals surface area contributed by atoms with E-state index in [0.29, 0.717) is 0 Å². The molecule has 0 radical (unpaired) electrons. The van der Waals surface area contributed by atoms with Crippen molar-refractivity contribution in [2.45, 2.75) is 0 Å². The molecule has 0 fully saturated rings. The first kappa shape index (κ1) is 38.9. The highest BCUT2D eigenvalue weighted by Gasteiger charge is 2.17. The molecule has 1 aromatic heterocycles. The predicted molar refractivity (Wildman–Crippen MR) is 280 cm³/mol. The summed E-state index contributed by atoms with van der Waals surface area (Å²) in [6, 6.07) is 96.7. The Hall–Kier alpha value is -8.72. The number of hydrogen-bond donors (Lipinski definition) is 0. The maximum atomic E-state index is 2.39. The van der Waals surface area contributed by atoms with E-state index in [4.69, 9.17) is 0 Å². The van der Waals surface area contributed by atoms with Crippen LogP contribution >= 0.6 is 0 Å². The van der Waals surface area contributed by atoms with E-state index in [1.54, 1.807) is 0 Å². The molecule has 12 rings (SSSR count). The van der Waals surface area contributed by atoms with Gasteiger partial charge in [0.15, 0.2) is 0 Å². The molecule has 12 aromatic rings. The zero-order chi connectivity index (χ0) is 43.8. The number of benzene rings is 11. The maximum absolute atomic E-state index is 2.39. The van der Waals surface area contributed by atoms with E-state index in [1.807, 2.05) is 0 Å². The molecular weight excluding hydrogens is 797 g/mol. The molecule has 66 heavy (non-hydrogen) atoms. The fraction of sp³-hybridized carbons (Fsp3) is 0. The molecule has 1 heterocycles. The molecule has 0 aliphatic carbocycles. The maximum Gasteiger partial charge on any atom is 0.0541 e. The van der Waals surface area contributed by atoms with Crippen LogP contribution in [0.2, 0.25) is 0 Å². The molecule has 0 spiro atoms. The summed E-state index contributed by atoms with van der Waals surface area (Å²) < 4.78 is 2.39. The molecule has 0 unspecified atom stereocenters. The van der Waals surface area contributed by atoms with Crippen molar-refractivity contribution in [3.05, 3.63) is 267 Å².